The van der Waals surface area contributed by atoms with E-state index in [0.29, 0.717) is 11.8 Å². The van der Waals surface area contributed by atoms with Crippen LogP contribution in [0.2, 0.25) is 0 Å². The van der Waals surface area contributed by atoms with Gasteiger partial charge in [-0.25, -0.2) is 0 Å². The van der Waals surface area contributed by atoms with E-state index in [0.717, 1.165) is 84.2 Å². The number of ether oxygens (including phenoxy) is 1. The van der Waals surface area contributed by atoms with Crippen LogP contribution in [-0.4, -0.2) is 98.7 Å². The summed E-state index contributed by atoms with van der Waals surface area (Å²) >= 11 is 0. The Kier molecular flexibility index (Phi) is 12.3. The molecular weight excluding hydrogens is 469 g/mol. The third kappa shape index (κ3) is 8.02. The number of rotatable bonds is 8. The van der Waals surface area contributed by atoms with Gasteiger partial charge < -0.3 is 19.9 Å². The Morgan fingerprint density at radius 1 is 1.04 bits per heavy atom. The number of carbonyl (C=O) groups is 1. The second-order valence-corrected chi connectivity index (χ2v) is 8.03. The number of likely N-dealkylation sites (tertiary alicyclic amines) is 1. The minimum Gasteiger partial charge on any atom is -0.381 e. The number of hydrogen-bond acceptors (Lipinski definition) is 4. The molecular formula is C20H40IN5O2. The fourth-order valence-corrected chi connectivity index (χ4v) is 3.70. The molecule has 2 heterocycles. The van der Waals surface area contributed by atoms with Crippen LogP contribution in [0.1, 0.15) is 40.0 Å². The van der Waals surface area contributed by atoms with Crippen LogP contribution < -0.4 is 5.32 Å². The third-order valence-corrected chi connectivity index (χ3v) is 5.35. The fourth-order valence-electron chi connectivity index (χ4n) is 3.70. The van der Waals surface area contributed by atoms with Gasteiger partial charge in [0.25, 0.3) is 0 Å². The summed E-state index contributed by atoms with van der Waals surface area (Å²) in [6.07, 6.45) is 3.28. The third-order valence-electron chi connectivity index (χ3n) is 5.35. The zero-order valence-corrected chi connectivity index (χ0v) is 20.5. The molecule has 0 aromatic carbocycles. The molecule has 28 heavy (non-hydrogen) atoms. The van der Waals surface area contributed by atoms with Crippen molar-refractivity contribution in [3.63, 3.8) is 0 Å². The normalized spacial score (nSPS) is 19.7. The minimum atomic E-state index is -0.0154. The highest BCUT2D eigenvalue weighted by Crippen LogP contribution is 2.14. The number of nitrogens with one attached hydrogen (secondary N) is 1. The van der Waals surface area contributed by atoms with E-state index in [9.17, 15) is 4.79 Å². The first kappa shape index (κ1) is 25.4. The zero-order valence-electron chi connectivity index (χ0n) is 18.2. The summed E-state index contributed by atoms with van der Waals surface area (Å²) < 4.78 is 5.62. The van der Waals surface area contributed by atoms with Crippen molar-refractivity contribution in [2.45, 2.75) is 46.1 Å². The molecule has 1 atom stereocenters. The van der Waals surface area contributed by atoms with Crippen molar-refractivity contribution >= 4 is 35.8 Å². The molecule has 2 rings (SSSR count). The lowest BCUT2D eigenvalue weighted by atomic mass is 10.2. The highest BCUT2D eigenvalue weighted by Gasteiger charge is 2.30. The summed E-state index contributed by atoms with van der Waals surface area (Å²) in [7, 11) is 1.84. The molecule has 0 aromatic heterocycles. The smallest absolute Gasteiger partial charge is 0.239 e. The van der Waals surface area contributed by atoms with E-state index in [4.69, 9.17) is 4.74 Å². The summed E-state index contributed by atoms with van der Waals surface area (Å²) in [5, 5.41) is 3.44. The van der Waals surface area contributed by atoms with E-state index >= 15 is 0 Å². The van der Waals surface area contributed by atoms with E-state index in [1.807, 2.05) is 11.9 Å². The lowest BCUT2D eigenvalue weighted by Gasteiger charge is -2.39. The lowest BCUT2D eigenvalue weighted by Crippen LogP contribution is -2.57. The summed E-state index contributed by atoms with van der Waals surface area (Å²) in [6, 6.07) is -0.0154. The number of amides is 1. The van der Waals surface area contributed by atoms with E-state index in [1.165, 1.54) is 0 Å². The SMILES string of the molecule is CN=C(NCCCOCC(C)C)N1CCN(C(C)C(=O)N2CCCC2)CC1.I. The molecule has 0 aromatic rings. The number of carbonyl (C=O) groups excluding carboxylic acids is 1. The van der Waals surface area contributed by atoms with Gasteiger partial charge in [-0.1, -0.05) is 13.8 Å². The van der Waals surface area contributed by atoms with Gasteiger partial charge >= 0.3 is 0 Å². The zero-order chi connectivity index (χ0) is 19.6. The van der Waals surface area contributed by atoms with Crippen LogP contribution in [0.3, 0.4) is 0 Å². The van der Waals surface area contributed by atoms with Gasteiger partial charge in [-0.2, -0.15) is 0 Å². The molecule has 8 heteroatoms. The number of aliphatic imine (C=N–C) groups is 1. The fraction of sp³-hybridized carbons (Fsp3) is 0.900. The first-order valence-corrected chi connectivity index (χ1v) is 10.6. The Morgan fingerprint density at radius 3 is 2.25 bits per heavy atom. The highest BCUT2D eigenvalue weighted by atomic mass is 127. The molecule has 0 aliphatic carbocycles. The van der Waals surface area contributed by atoms with Gasteiger partial charge in [0.15, 0.2) is 5.96 Å². The molecule has 2 aliphatic heterocycles. The van der Waals surface area contributed by atoms with Crippen molar-refractivity contribution in [1.82, 2.24) is 20.0 Å². The van der Waals surface area contributed by atoms with Crippen molar-refractivity contribution < 1.29 is 9.53 Å². The quantitative estimate of drug-likeness (QED) is 0.234. The van der Waals surface area contributed by atoms with Crippen LogP contribution >= 0.6 is 24.0 Å². The van der Waals surface area contributed by atoms with Crippen LogP contribution in [0.15, 0.2) is 4.99 Å². The molecule has 1 N–H and O–H groups in total. The van der Waals surface area contributed by atoms with E-state index in [1.54, 1.807) is 0 Å². The van der Waals surface area contributed by atoms with E-state index < -0.39 is 0 Å². The molecule has 2 saturated heterocycles. The molecule has 0 bridgehead atoms. The molecule has 1 unspecified atom stereocenters. The predicted molar refractivity (Wildman–Crippen MR) is 125 cm³/mol. The number of nitrogens with zero attached hydrogens (tertiary/aromatic N) is 4. The summed E-state index contributed by atoms with van der Waals surface area (Å²) in [5.41, 5.74) is 0. The monoisotopic (exact) mass is 509 g/mol. The summed E-state index contributed by atoms with van der Waals surface area (Å²) in [5.74, 6) is 1.84. The maximum atomic E-state index is 12.6. The van der Waals surface area contributed by atoms with Gasteiger partial charge in [-0.05, 0) is 32.1 Å². The van der Waals surface area contributed by atoms with Crippen LogP contribution in [0.5, 0.6) is 0 Å². The number of hydrogen-bond donors (Lipinski definition) is 1. The molecule has 0 spiro atoms. The molecule has 2 fully saturated rings. The van der Waals surface area contributed by atoms with Crippen LogP contribution in [0, 0.1) is 5.92 Å². The van der Waals surface area contributed by atoms with Gasteiger partial charge in [0.05, 0.1) is 6.04 Å². The average Bonchev–Trinajstić information content (AvgIpc) is 3.21. The number of halogens is 1. The van der Waals surface area contributed by atoms with Crippen LogP contribution in [-0.2, 0) is 9.53 Å². The number of guanidine groups is 1. The highest BCUT2D eigenvalue weighted by molar-refractivity contribution is 14.0. The molecule has 0 radical (unpaired) electrons. The van der Waals surface area contributed by atoms with E-state index in [-0.39, 0.29) is 30.0 Å². The average molecular weight is 509 g/mol. The Hall–Kier alpha value is -0.610. The molecule has 2 aliphatic rings. The Labute approximate surface area is 188 Å². The maximum absolute atomic E-state index is 12.6. The lowest BCUT2D eigenvalue weighted by molar-refractivity contribution is -0.135. The Morgan fingerprint density at radius 2 is 1.68 bits per heavy atom. The topological polar surface area (TPSA) is 60.4 Å². The molecule has 1 amide bonds. The standard InChI is InChI=1S/C20H39N5O2.HI/c1-17(2)16-27-15-7-8-22-20(21-4)25-13-11-23(12-14-25)18(3)19(26)24-9-5-6-10-24;/h17-18H,5-16H2,1-4H3,(H,21,22);1H. The molecule has 164 valence electrons. The summed E-state index contributed by atoms with van der Waals surface area (Å²) in [4.78, 5) is 23.7. The number of piperazine rings is 1. The van der Waals surface area contributed by atoms with Crippen molar-refractivity contribution in [3.05, 3.63) is 0 Å². The van der Waals surface area contributed by atoms with Crippen molar-refractivity contribution in [2.75, 3.05) is 66.1 Å². The maximum Gasteiger partial charge on any atom is 0.239 e. The van der Waals surface area contributed by atoms with Crippen LogP contribution in [0.4, 0.5) is 0 Å². The van der Waals surface area contributed by atoms with Gasteiger partial charge in [-0.3, -0.25) is 14.7 Å². The van der Waals surface area contributed by atoms with E-state index in [2.05, 4.69) is 40.9 Å². The Balaban J connectivity index is 0.00000392. The second-order valence-electron chi connectivity index (χ2n) is 8.03. The summed E-state index contributed by atoms with van der Waals surface area (Å²) in [6.45, 7) is 14.3. The first-order chi connectivity index (χ1) is 13.0. The molecule has 7 nitrogen and oxygen atoms in total. The van der Waals surface area contributed by atoms with Crippen molar-refractivity contribution in [3.8, 4) is 0 Å². The van der Waals surface area contributed by atoms with Gasteiger partial charge in [0, 0.05) is 66.1 Å². The molecule has 0 saturated carbocycles. The van der Waals surface area contributed by atoms with Gasteiger partial charge in [0.2, 0.25) is 5.91 Å². The largest absolute Gasteiger partial charge is 0.381 e. The first-order valence-electron chi connectivity index (χ1n) is 10.6. The second kappa shape index (κ2) is 13.6. The predicted octanol–water partition coefficient (Wildman–Crippen LogP) is 1.87. The minimum absolute atomic E-state index is 0. The van der Waals surface area contributed by atoms with Crippen molar-refractivity contribution in [2.24, 2.45) is 10.9 Å². The van der Waals surface area contributed by atoms with Crippen LogP contribution in [0.25, 0.3) is 0 Å². The van der Waals surface area contributed by atoms with Gasteiger partial charge in [0.1, 0.15) is 0 Å². The van der Waals surface area contributed by atoms with Crippen molar-refractivity contribution in [1.29, 1.82) is 0 Å². The van der Waals surface area contributed by atoms with Gasteiger partial charge in [-0.15, -0.1) is 24.0 Å². The Bertz CT molecular complexity index is 475.